The second kappa shape index (κ2) is 5.50. The summed E-state index contributed by atoms with van der Waals surface area (Å²) in [6.45, 7) is 0.650. The molecular formula is C14H17N5O. The predicted molar refractivity (Wildman–Crippen MR) is 74.2 cm³/mol. The number of anilines is 1. The maximum atomic E-state index is 9.38. The summed E-state index contributed by atoms with van der Waals surface area (Å²) >= 11 is 0. The van der Waals surface area contributed by atoms with Crippen LogP contribution in [0.2, 0.25) is 0 Å². The molecule has 1 N–H and O–H groups in total. The molecule has 104 valence electrons. The first-order valence-corrected chi connectivity index (χ1v) is 6.68. The van der Waals surface area contributed by atoms with E-state index < -0.39 is 0 Å². The molecule has 1 aliphatic carbocycles. The monoisotopic (exact) mass is 271 g/mol. The minimum atomic E-state index is -0.171. The molecule has 0 saturated heterocycles. The van der Waals surface area contributed by atoms with E-state index in [2.05, 4.69) is 19.9 Å². The zero-order valence-electron chi connectivity index (χ0n) is 11.3. The van der Waals surface area contributed by atoms with Crippen LogP contribution >= 0.6 is 0 Å². The first kappa shape index (κ1) is 12.9. The molecule has 1 fully saturated rings. The summed E-state index contributed by atoms with van der Waals surface area (Å²) in [7, 11) is 1.97. The highest BCUT2D eigenvalue weighted by molar-refractivity contribution is 5.39. The van der Waals surface area contributed by atoms with Gasteiger partial charge < -0.3 is 10.0 Å². The minimum absolute atomic E-state index is 0.171. The third-order valence-corrected chi connectivity index (χ3v) is 3.61. The summed E-state index contributed by atoms with van der Waals surface area (Å²) in [5.41, 5.74) is 1.90. The lowest BCUT2D eigenvalue weighted by Gasteiger charge is -2.31. The summed E-state index contributed by atoms with van der Waals surface area (Å²) in [6.07, 6.45) is 8.10. The van der Waals surface area contributed by atoms with Crippen LogP contribution in [-0.2, 0) is 6.54 Å². The third kappa shape index (κ3) is 2.75. The molecule has 0 radical (unpaired) electrons. The molecule has 2 aromatic rings. The number of aliphatic hydroxyl groups is 1. The van der Waals surface area contributed by atoms with Crippen LogP contribution in [0.4, 0.5) is 5.82 Å². The van der Waals surface area contributed by atoms with Crippen molar-refractivity contribution < 1.29 is 5.11 Å². The summed E-state index contributed by atoms with van der Waals surface area (Å²) < 4.78 is 0. The highest BCUT2D eigenvalue weighted by Gasteiger charge is 2.29. The first-order valence-electron chi connectivity index (χ1n) is 6.68. The van der Waals surface area contributed by atoms with Crippen LogP contribution < -0.4 is 4.90 Å². The van der Waals surface area contributed by atoms with Crippen molar-refractivity contribution in [3.05, 3.63) is 42.4 Å². The van der Waals surface area contributed by atoms with Gasteiger partial charge in [0, 0.05) is 37.1 Å². The van der Waals surface area contributed by atoms with Gasteiger partial charge in [0.1, 0.15) is 12.1 Å². The lowest BCUT2D eigenvalue weighted by atomic mass is 9.80. The number of hydrogen-bond donors (Lipinski definition) is 1. The van der Waals surface area contributed by atoms with Crippen molar-refractivity contribution in [2.75, 3.05) is 11.9 Å². The molecule has 0 unspecified atom stereocenters. The van der Waals surface area contributed by atoms with Crippen molar-refractivity contribution in [2.45, 2.75) is 31.4 Å². The van der Waals surface area contributed by atoms with Crippen molar-refractivity contribution in [1.82, 2.24) is 19.9 Å². The topological polar surface area (TPSA) is 75.0 Å². The van der Waals surface area contributed by atoms with Gasteiger partial charge in [0.05, 0.1) is 24.5 Å². The Morgan fingerprint density at radius 3 is 2.80 bits per heavy atom. The van der Waals surface area contributed by atoms with Crippen molar-refractivity contribution in [3.8, 4) is 0 Å². The van der Waals surface area contributed by atoms with E-state index in [0.717, 1.165) is 30.0 Å². The second-order valence-corrected chi connectivity index (χ2v) is 5.18. The fraction of sp³-hybridized carbons (Fsp3) is 0.429. The van der Waals surface area contributed by atoms with Crippen LogP contribution in [0, 0.1) is 0 Å². The minimum Gasteiger partial charge on any atom is -0.393 e. The quantitative estimate of drug-likeness (QED) is 0.898. The van der Waals surface area contributed by atoms with Crippen LogP contribution in [0.3, 0.4) is 0 Å². The van der Waals surface area contributed by atoms with Gasteiger partial charge in [-0.3, -0.25) is 9.97 Å². The molecule has 2 aromatic heterocycles. The van der Waals surface area contributed by atoms with Crippen LogP contribution in [0.25, 0.3) is 0 Å². The standard InChI is InChI=1S/C14H17N5O/c1-19(8-11-7-15-2-3-16-11)14-6-13(17-9-18-14)10-4-12(20)5-10/h2-3,6-7,9-10,12,20H,4-5,8H2,1H3. The van der Waals surface area contributed by atoms with E-state index in [1.165, 1.54) is 0 Å². The summed E-state index contributed by atoms with van der Waals surface area (Å²) in [4.78, 5) is 18.9. The van der Waals surface area contributed by atoms with Crippen molar-refractivity contribution in [3.63, 3.8) is 0 Å². The molecule has 3 rings (SSSR count). The molecule has 20 heavy (non-hydrogen) atoms. The highest BCUT2D eigenvalue weighted by Crippen LogP contribution is 2.36. The molecule has 0 aliphatic heterocycles. The van der Waals surface area contributed by atoms with E-state index in [4.69, 9.17) is 0 Å². The van der Waals surface area contributed by atoms with Crippen molar-refractivity contribution >= 4 is 5.82 Å². The molecule has 0 amide bonds. The molecule has 0 bridgehead atoms. The Morgan fingerprint density at radius 1 is 1.25 bits per heavy atom. The zero-order chi connectivity index (χ0) is 13.9. The van der Waals surface area contributed by atoms with Crippen molar-refractivity contribution in [1.29, 1.82) is 0 Å². The third-order valence-electron chi connectivity index (χ3n) is 3.61. The van der Waals surface area contributed by atoms with Crippen molar-refractivity contribution in [2.24, 2.45) is 0 Å². The Hall–Kier alpha value is -2.08. The SMILES string of the molecule is CN(Cc1cnccn1)c1cc(C2CC(O)C2)ncn1. The smallest absolute Gasteiger partial charge is 0.132 e. The number of nitrogens with zero attached hydrogens (tertiary/aromatic N) is 5. The average molecular weight is 271 g/mol. The average Bonchev–Trinajstić information content (AvgIpc) is 2.45. The number of hydrogen-bond acceptors (Lipinski definition) is 6. The van der Waals surface area contributed by atoms with Gasteiger partial charge >= 0.3 is 0 Å². The van der Waals surface area contributed by atoms with Gasteiger partial charge in [-0.2, -0.15) is 0 Å². The normalized spacial score (nSPS) is 21.3. The largest absolute Gasteiger partial charge is 0.393 e. The van der Waals surface area contributed by atoms with Crippen LogP contribution in [0.15, 0.2) is 31.0 Å². The van der Waals surface area contributed by atoms with Gasteiger partial charge in [-0.15, -0.1) is 0 Å². The Labute approximate surface area is 117 Å². The maximum absolute atomic E-state index is 9.38. The molecule has 0 spiro atoms. The number of aromatic nitrogens is 4. The van der Waals surface area contributed by atoms with Crippen LogP contribution in [-0.4, -0.2) is 38.2 Å². The maximum Gasteiger partial charge on any atom is 0.132 e. The molecule has 0 atom stereocenters. The van der Waals surface area contributed by atoms with E-state index in [9.17, 15) is 5.11 Å². The molecule has 1 saturated carbocycles. The lowest BCUT2D eigenvalue weighted by molar-refractivity contribution is 0.0732. The van der Waals surface area contributed by atoms with E-state index >= 15 is 0 Å². The fourth-order valence-corrected chi connectivity index (χ4v) is 2.36. The molecular weight excluding hydrogens is 254 g/mol. The number of aliphatic hydroxyl groups excluding tert-OH is 1. The van der Waals surface area contributed by atoms with Gasteiger partial charge in [0.15, 0.2) is 0 Å². The molecule has 6 nitrogen and oxygen atoms in total. The second-order valence-electron chi connectivity index (χ2n) is 5.18. The Morgan fingerprint density at radius 2 is 2.10 bits per heavy atom. The van der Waals surface area contributed by atoms with Gasteiger partial charge in [0.25, 0.3) is 0 Å². The lowest BCUT2D eigenvalue weighted by Crippen LogP contribution is -2.27. The van der Waals surface area contributed by atoms with Crippen LogP contribution in [0.5, 0.6) is 0 Å². The molecule has 0 aromatic carbocycles. The van der Waals surface area contributed by atoms with E-state index in [1.807, 2.05) is 18.0 Å². The Balaban J connectivity index is 1.71. The Bertz CT molecular complexity index is 571. The van der Waals surface area contributed by atoms with Gasteiger partial charge in [0.2, 0.25) is 0 Å². The van der Waals surface area contributed by atoms with Gasteiger partial charge in [-0.25, -0.2) is 9.97 Å². The highest BCUT2D eigenvalue weighted by atomic mass is 16.3. The predicted octanol–water partition coefficient (Wildman–Crippen LogP) is 1.14. The molecule has 6 heteroatoms. The zero-order valence-corrected chi connectivity index (χ0v) is 11.3. The Kier molecular flexibility index (Phi) is 3.56. The number of rotatable bonds is 4. The summed E-state index contributed by atoms with van der Waals surface area (Å²) in [6, 6.07) is 1.99. The molecule has 1 aliphatic rings. The van der Waals surface area contributed by atoms with Gasteiger partial charge in [-0.05, 0) is 12.8 Å². The fourth-order valence-electron chi connectivity index (χ4n) is 2.36. The van der Waals surface area contributed by atoms with Gasteiger partial charge in [-0.1, -0.05) is 0 Å². The first-order chi connectivity index (χ1) is 9.72. The van der Waals surface area contributed by atoms with Crippen LogP contribution in [0.1, 0.15) is 30.1 Å². The van der Waals surface area contributed by atoms with E-state index in [1.54, 1.807) is 24.9 Å². The summed E-state index contributed by atoms with van der Waals surface area (Å²) in [5.74, 6) is 1.22. The molecule has 2 heterocycles. The van der Waals surface area contributed by atoms with E-state index in [-0.39, 0.29) is 6.10 Å². The summed E-state index contributed by atoms with van der Waals surface area (Å²) in [5, 5.41) is 9.38. The van der Waals surface area contributed by atoms with E-state index in [0.29, 0.717) is 12.5 Å².